The molecule has 0 radical (unpaired) electrons. The summed E-state index contributed by atoms with van der Waals surface area (Å²) < 4.78 is 1.97. The van der Waals surface area contributed by atoms with Crippen LogP contribution in [0.5, 0.6) is 0 Å². The van der Waals surface area contributed by atoms with Crippen molar-refractivity contribution in [1.29, 1.82) is 0 Å². The zero-order valence-electron chi connectivity index (χ0n) is 14.4. The molecule has 2 N–H and O–H groups in total. The lowest BCUT2D eigenvalue weighted by atomic mass is 10.3. The summed E-state index contributed by atoms with van der Waals surface area (Å²) in [4.78, 5) is 17.9. The van der Waals surface area contributed by atoms with Gasteiger partial charge >= 0.3 is 0 Å². The van der Waals surface area contributed by atoms with Crippen LogP contribution < -0.4 is 10.6 Å². The quantitative estimate of drug-likeness (QED) is 0.558. The summed E-state index contributed by atoms with van der Waals surface area (Å²) in [6.07, 6.45) is 5.37. The molecule has 4 rings (SSSR count). The smallest absolute Gasteiger partial charge is 0.226 e. The number of aromatic nitrogens is 5. The van der Waals surface area contributed by atoms with E-state index >= 15 is 0 Å². The van der Waals surface area contributed by atoms with Crippen LogP contribution in [0.25, 0.3) is 16.9 Å². The summed E-state index contributed by atoms with van der Waals surface area (Å²) in [6.45, 7) is 3.38. The van der Waals surface area contributed by atoms with E-state index in [9.17, 15) is 0 Å². The van der Waals surface area contributed by atoms with Gasteiger partial charge in [-0.05, 0) is 30.7 Å². The maximum absolute atomic E-state index is 4.64. The molecule has 3 heterocycles. The second kappa shape index (κ2) is 7.18. The third kappa shape index (κ3) is 3.19. The molecule has 3 aromatic heterocycles. The third-order valence-electron chi connectivity index (χ3n) is 3.95. The minimum absolute atomic E-state index is 0.575. The van der Waals surface area contributed by atoms with Gasteiger partial charge in [0.25, 0.3) is 0 Å². The van der Waals surface area contributed by atoms with Crippen molar-refractivity contribution in [2.24, 2.45) is 0 Å². The van der Waals surface area contributed by atoms with E-state index in [0.717, 1.165) is 29.0 Å². The van der Waals surface area contributed by atoms with Crippen LogP contribution in [-0.4, -0.2) is 31.0 Å². The van der Waals surface area contributed by atoms with E-state index in [0.29, 0.717) is 18.3 Å². The Morgan fingerprint density at radius 3 is 2.65 bits per heavy atom. The van der Waals surface area contributed by atoms with Crippen molar-refractivity contribution in [2.45, 2.75) is 13.5 Å². The number of rotatable bonds is 6. The second-order valence-electron chi connectivity index (χ2n) is 5.76. The number of fused-ring (bicyclic) bond motifs is 1. The van der Waals surface area contributed by atoms with E-state index in [1.54, 1.807) is 12.5 Å². The van der Waals surface area contributed by atoms with Gasteiger partial charge in [0.2, 0.25) is 5.95 Å². The van der Waals surface area contributed by atoms with Gasteiger partial charge < -0.3 is 10.6 Å². The molecule has 0 saturated heterocycles. The lowest BCUT2D eigenvalue weighted by molar-refractivity contribution is 1.04. The largest absolute Gasteiger partial charge is 0.364 e. The molecule has 0 aliphatic carbocycles. The molecule has 4 aromatic rings. The predicted molar refractivity (Wildman–Crippen MR) is 102 cm³/mol. The molecule has 0 spiro atoms. The molecule has 0 fully saturated rings. The van der Waals surface area contributed by atoms with Gasteiger partial charge in [0.1, 0.15) is 6.33 Å². The highest BCUT2D eigenvalue weighted by Crippen LogP contribution is 2.24. The molecule has 0 atom stereocenters. The van der Waals surface area contributed by atoms with Crippen molar-refractivity contribution in [3.8, 4) is 5.69 Å². The Kier molecular flexibility index (Phi) is 4.42. The van der Waals surface area contributed by atoms with Gasteiger partial charge in [0.15, 0.2) is 17.0 Å². The van der Waals surface area contributed by atoms with E-state index in [4.69, 9.17) is 0 Å². The normalized spacial score (nSPS) is 10.8. The zero-order valence-corrected chi connectivity index (χ0v) is 14.4. The van der Waals surface area contributed by atoms with Gasteiger partial charge in [0, 0.05) is 31.2 Å². The number of nitrogens with one attached hydrogen (secondary N) is 2. The van der Waals surface area contributed by atoms with Gasteiger partial charge in [-0.1, -0.05) is 24.3 Å². The van der Waals surface area contributed by atoms with Crippen LogP contribution in [0.15, 0.2) is 61.2 Å². The average Bonchev–Trinajstić information content (AvgIpc) is 3.12. The minimum atomic E-state index is 0.575. The molecule has 0 aliphatic heterocycles. The first kappa shape index (κ1) is 16.0. The number of benzene rings is 1. The zero-order chi connectivity index (χ0) is 17.8. The number of imidazole rings is 1. The summed E-state index contributed by atoms with van der Waals surface area (Å²) >= 11 is 0. The van der Waals surface area contributed by atoms with Crippen LogP contribution in [0, 0.1) is 0 Å². The van der Waals surface area contributed by atoms with E-state index < -0.39 is 0 Å². The lowest BCUT2D eigenvalue weighted by Crippen LogP contribution is -2.08. The summed E-state index contributed by atoms with van der Waals surface area (Å²) in [6, 6.07) is 14.0. The van der Waals surface area contributed by atoms with Crippen LogP contribution >= 0.6 is 0 Å². The Morgan fingerprint density at radius 1 is 1.00 bits per heavy atom. The second-order valence-corrected chi connectivity index (χ2v) is 5.76. The Hall–Kier alpha value is -3.48. The monoisotopic (exact) mass is 345 g/mol. The summed E-state index contributed by atoms with van der Waals surface area (Å²) in [7, 11) is 0. The first-order valence-corrected chi connectivity index (χ1v) is 8.52. The Bertz CT molecular complexity index is 997. The molecule has 0 unspecified atom stereocenters. The Balaban J connectivity index is 1.75. The fourth-order valence-electron chi connectivity index (χ4n) is 2.73. The molecule has 0 amide bonds. The van der Waals surface area contributed by atoms with E-state index in [1.807, 2.05) is 60.2 Å². The van der Waals surface area contributed by atoms with Crippen LogP contribution in [0.1, 0.15) is 12.5 Å². The highest BCUT2D eigenvalue weighted by Gasteiger charge is 2.14. The van der Waals surface area contributed by atoms with Crippen LogP contribution in [0.3, 0.4) is 0 Å². The van der Waals surface area contributed by atoms with E-state index in [1.165, 1.54) is 0 Å². The van der Waals surface area contributed by atoms with Gasteiger partial charge in [-0.2, -0.15) is 9.97 Å². The fraction of sp³-hybridized carbons (Fsp3) is 0.158. The van der Waals surface area contributed by atoms with Crippen molar-refractivity contribution in [3.63, 3.8) is 0 Å². The number of para-hydroxylation sites is 1. The minimum Gasteiger partial charge on any atom is -0.364 e. The SMILES string of the molecule is CCNc1nc(NCc2cccnc2)c2ncn(-c3ccccc3)c2n1. The maximum atomic E-state index is 4.64. The summed E-state index contributed by atoms with van der Waals surface area (Å²) in [5, 5.41) is 6.55. The number of pyridine rings is 1. The third-order valence-corrected chi connectivity index (χ3v) is 3.95. The van der Waals surface area contributed by atoms with Crippen molar-refractivity contribution >= 4 is 22.9 Å². The number of nitrogens with zero attached hydrogens (tertiary/aromatic N) is 5. The molecule has 26 heavy (non-hydrogen) atoms. The molecule has 0 bridgehead atoms. The lowest BCUT2D eigenvalue weighted by Gasteiger charge is -2.10. The van der Waals surface area contributed by atoms with Crippen molar-refractivity contribution in [3.05, 3.63) is 66.7 Å². The molecule has 130 valence electrons. The fourth-order valence-corrected chi connectivity index (χ4v) is 2.73. The topological polar surface area (TPSA) is 80.5 Å². The summed E-state index contributed by atoms with van der Waals surface area (Å²) in [5.74, 6) is 1.27. The Labute approximate surface area is 151 Å². The highest BCUT2D eigenvalue weighted by atomic mass is 15.2. The standard InChI is InChI=1S/C19H19N7/c1-2-21-19-24-17(22-12-14-7-6-10-20-11-14)16-18(25-19)26(13-23-16)15-8-4-3-5-9-15/h3-11,13H,2,12H2,1H3,(H2,21,22,24,25). The van der Waals surface area contributed by atoms with Gasteiger partial charge in [-0.15, -0.1) is 0 Å². The number of hydrogen-bond donors (Lipinski definition) is 2. The molecule has 7 heteroatoms. The van der Waals surface area contributed by atoms with Crippen LogP contribution in [0.4, 0.5) is 11.8 Å². The van der Waals surface area contributed by atoms with Gasteiger partial charge in [-0.3, -0.25) is 9.55 Å². The molecular weight excluding hydrogens is 326 g/mol. The van der Waals surface area contributed by atoms with Gasteiger partial charge in [-0.25, -0.2) is 4.98 Å². The molecule has 7 nitrogen and oxygen atoms in total. The van der Waals surface area contributed by atoms with Crippen molar-refractivity contribution in [1.82, 2.24) is 24.5 Å². The Morgan fingerprint density at radius 2 is 1.88 bits per heavy atom. The van der Waals surface area contributed by atoms with E-state index in [2.05, 4.69) is 30.6 Å². The number of anilines is 2. The first-order valence-electron chi connectivity index (χ1n) is 8.52. The molecular formula is C19H19N7. The van der Waals surface area contributed by atoms with Gasteiger partial charge in [0.05, 0.1) is 0 Å². The average molecular weight is 345 g/mol. The summed E-state index contributed by atoms with van der Waals surface area (Å²) in [5.41, 5.74) is 3.58. The van der Waals surface area contributed by atoms with Crippen LogP contribution in [0.2, 0.25) is 0 Å². The maximum Gasteiger partial charge on any atom is 0.226 e. The highest BCUT2D eigenvalue weighted by molar-refractivity contribution is 5.85. The number of hydrogen-bond acceptors (Lipinski definition) is 6. The van der Waals surface area contributed by atoms with Crippen molar-refractivity contribution in [2.75, 3.05) is 17.2 Å². The molecule has 0 saturated carbocycles. The van der Waals surface area contributed by atoms with E-state index in [-0.39, 0.29) is 0 Å². The van der Waals surface area contributed by atoms with Crippen molar-refractivity contribution < 1.29 is 0 Å². The van der Waals surface area contributed by atoms with Crippen LogP contribution in [-0.2, 0) is 6.54 Å². The molecule has 0 aliphatic rings. The molecule has 1 aromatic carbocycles. The first-order chi connectivity index (χ1) is 12.8. The predicted octanol–water partition coefficient (Wildman–Crippen LogP) is 3.25.